The predicted molar refractivity (Wildman–Crippen MR) is 80.3 cm³/mol. The summed E-state index contributed by atoms with van der Waals surface area (Å²) in [6, 6.07) is 7.27. The van der Waals surface area contributed by atoms with Crippen LogP contribution in [0.1, 0.15) is 35.2 Å². The highest BCUT2D eigenvalue weighted by Crippen LogP contribution is 2.08. The van der Waals surface area contributed by atoms with Gasteiger partial charge in [-0.3, -0.25) is 4.79 Å². The fourth-order valence-electron chi connectivity index (χ4n) is 1.84. The minimum Gasteiger partial charge on any atom is -0.396 e. The molecule has 108 valence electrons. The number of hydrogen-bond acceptors (Lipinski definition) is 3. The molecule has 0 saturated heterocycles. The summed E-state index contributed by atoms with van der Waals surface area (Å²) in [4.78, 5) is 13.9. The van der Waals surface area contributed by atoms with Crippen molar-refractivity contribution >= 4 is 5.91 Å². The molecule has 0 spiro atoms. The van der Waals surface area contributed by atoms with Crippen LogP contribution >= 0.6 is 0 Å². The number of amides is 1. The maximum atomic E-state index is 12.2. The van der Waals surface area contributed by atoms with Crippen molar-refractivity contribution in [2.75, 3.05) is 26.7 Å². The third kappa shape index (κ3) is 5.43. The average Bonchev–Trinajstić information content (AvgIpc) is 2.48. The van der Waals surface area contributed by atoms with Crippen molar-refractivity contribution in [3.63, 3.8) is 0 Å². The van der Waals surface area contributed by atoms with Crippen LogP contribution < -0.4 is 5.73 Å². The second-order valence-electron chi connectivity index (χ2n) is 4.60. The molecule has 4 heteroatoms. The number of aliphatic hydroxyl groups excluding tert-OH is 1. The average molecular weight is 274 g/mol. The molecule has 0 fully saturated rings. The van der Waals surface area contributed by atoms with Crippen LogP contribution in [0.2, 0.25) is 0 Å². The summed E-state index contributed by atoms with van der Waals surface area (Å²) in [5.41, 5.74) is 6.77. The van der Waals surface area contributed by atoms with Gasteiger partial charge in [0.2, 0.25) is 0 Å². The maximum absolute atomic E-state index is 12.2. The van der Waals surface area contributed by atoms with E-state index in [9.17, 15) is 4.79 Å². The maximum Gasteiger partial charge on any atom is 0.253 e. The van der Waals surface area contributed by atoms with Gasteiger partial charge >= 0.3 is 0 Å². The molecule has 1 rings (SSSR count). The van der Waals surface area contributed by atoms with Crippen LogP contribution in [0, 0.1) is 11.8 Å². The van der Waals surface area contributed by atoms with E-state index in [1.54, 1.807) is 24.1 Å². The van der Waals surface area contributed by atoms with E-state index in [1.807, 2.05) is 12.1 Å². The van der Waals surface area contributed by atoms with Gasteiger partial charge in [0.05, 0.1) is 6.54 Å². The van der Waals surface area contributed by atoms with E-state index in [4.69, 9.17) is 10.8 Å². The molecule has 0 heterocycles. The van der Waals surface area contributed by atoms with Crippen LogP contribution in [0.25, 0.3) is 0 Å². The zero-order valence-corrected chi connectivity index (χ0v) is 11.9. The van der Waals surface area contributed by atoms with Gasteiger partial charge in [0.25, 0.3) is 5.91 Å². The third-order valence-electron chi connectivity index (χ3n) is 2.94. The third-order valence-corrected chi connectivity index (χ3v) is 2.94. The Morgan fingerprint density at radius 2 is 2.15 bits per heavy atom. The molecule has 4 nitrogen and oxygen atoms in total. The number of unbranched alkanes of at least 4 members (excludes halogenated alkanes) is 2. The Hall–Kier alpha value is -1.83. The second kappa shape index (κ2) is 9.13. The monoisotopic (exact) mass is 274 g/mol. The highest BCUT2D eigenvalue weighted by Gasteiger charge is 2.11. The first-order valence-electron chi connectivity index (χ1n) is 6.84. The van der Waals surface area contributed by atoms with Crippen LogP contribution in [0.3, 0.4) is 0 Å². The molecule has 0 aromatic heterocycles. The molecule has 0 aliphatic rings. The Bertz CT molecular complexity index is 489. The van der Waals surface area contributed by atoms with Gasteiger partial charge in [-0.05, 0) is 37.5 Å². The van der Waals surface area contributed by atoms with E-state index in [-0.39, 0.29) is 12.5 Å². The quantitative estimate of drug-likeness (QED) is 0.605. The van der Waals surface area contributed by atoms with Crippen molar-refractivity contribution in [3.8, 4) is 11.8 Å². The van der Waals surface area contributed by atoms with Crippen molar-refractivity contribution in [2.45, 2.75) is 19.3 Å². The van der Waals surface area contributed by atoms with Gasteiger partial charge in [-0.1, -0.05) is 17.9 Å². The van der Waals surface area contributed by atoms with Gasteiger partial charge in [0, 0.05) is 31.3 Å². The van der Waals surface area contributed by atoms with Gasteiger partial charge in [-0.25, -0.2) is 0 Å². The number of nitrogens with zero attached hydrogens (tertiary/aromatic N) is 1. The zero-order chi connectivity index (χ0) is 14.8. The summed E-state index contributed by atoms with van der Waals surface area (Å²) < 4.78 is 0. The van der Waals surface area contributed by atoms with Gasteiger partial charge in [-0.15, -0.1) is 0 Å². The summed E-state index contributed by atoms with van der Waals surface area (Å²) in [5, 5.41) is 8.72. The largest absolute Gasteiger partial charge is 0.396 e. The lowest BCUT2D eigenvalue weighted by Gasteiger charge is -2.17. The number of hydrogen-bond donors (Lipinski definition) is 2. The Morgan fingerprint density at radius 3 is 2.85 bits per heavy atom. The van der Waals surface area contributed by atoms with E-state index in [0.29, 0.717) is 18.7 Å². The minimum absolute atomic E-state index is 0.00889. The standard InChI is InChI=1S/C16H22N2O2/c1-18(11-3-2-4-12-19)16(20)15-9-5-7-14(13-15)8-6-10-17/h5,7,9,13,19H,2-4,10-12,17H2,1H3. The van der Waals surface area contributed by atoms with E-state index in [1.165, 1.54) is 0 Å². The lowest BCUT2D eigenvalue weighted by Crippen LogP contribution is -2.27. The number of carbonyl (C=O) groups excluding carboxylic acids is 1. The molecular formula is C16H22N2O2. The molecule has 0 bridgehead atoms. The summed E-state index contributed by atoms with van der Waals surface area (Å²) >= 11 is 0. The molecule has 0 aliphatic heterocycles. The summed E-state index contributed by atoms with van der Waals surface area (Å²) in [6.07, 6.45) is 2.61. The van der Waals surface area contributed by atoms with Crippen molar-refractivity contribution in [1.82, 2.24) is 4.90 Å². The van der Waals surface area contributed by atoms with Gasteiger partial charge < -0.3 is 15.7 Å². The van der Waals surface area contributed by atoms with Crippen LogP contribution in [-0.4, -0.2) is 42.7 Å². The number of benzene rings is 1. The van der Waals surface area contributed by atoms with Crippen LogP contribution in [0.4, 0.5) is 0 Å². The minimum atomic E-state index is -0.00889. The number of rotatable bonds is 6. The van der Waals surface area contributed by atoms with E-state index < -0.39 is 0 Å². The Labute approximate surface area is 120 Å². The topological polar surface area (TPSA) is 66.6 Å². The van der Waals surface area contributed by atoms with E-state index in [2.05, 4.69) is 11.8 Å². The summed E-state index contributed by atoms with van der Waals surface area (Å²) in [7, 11) is 1.79. The molecule has 0 atom stereocenters. The van der Waals surface area contributed by atoms with Crippen molar-refractivity contribution in [3.05, 3.63) is 35.4 Å². The van der Waals surface area contributed by atoms with Gasteiger partial charge in [-0.2, -0.15) is 0 Å². The zero-order valence-electron chi connectivity index (χ0n) is 11.9. The Kier molecular flexibility index (Phi) is 7.41. The molecule has 1 aromatic carbocycles. The smallest absolute Gasteiger partial charge is 0.253 e. The Balaban J connectivity index is 2.62. The van der Waals surface area contributed by atoms with Crippen LogP contribution in [-0.2, 0) is 0 Å². The highest BCUT2D eigenvalue weighted by atomic mass is 16.2. The summed E-state index contributed by atoms with van der Waals surface area (Å²) in [6.45, 7) is 1.21. The second-order valence-corrected chi connectivity index (χ2v) is 4.60. The number of nitrogens with two attached hydrogens (primary N) is 1. The lowest BCUT2D eigenvalue weighted by molar-refractivity contribution is 0.0792. The first-order chi connectivity index (χ1) is 9.69. The molecular weight excluding hydrogens is 252 g/mol. The number of carbonyl (C=O) groups is 1. The van der Waals surface area contributed by atoms with Crippen molar-refractivity contribution < 1.29 is 9.90 Å². The highest BCUT2D eigenvalue weighted by molar-refractivity contribution is 5.94. The van der Waals surface area contributed by atoms with Crippen molar-refractivity contribution in [2.24, 2.45) is 5.73 Å². The normalized spacial score (nSPS) is 9.75. The van der Waals surface area contributed by atoms with Crippen LogP contribution in [0.5, 0.6) is 0 Å². The summed E-state index contributed by atoms with van der Waals surface area (Å²) in [5.74, 6) is 5.69. The molecule has 1 aromatic rings. The first kappa shape index (κ1) is 16.2. The first-order valence-corrected chi connectivity index (χ1v) is 6.84. The molecule has 0 unspecified atom stereocenters. The molecule has 3 N–H and O–H groups in total. The predicted octanol–water partition coefficient (Wildman–Crippen LogP) is 1.23. The fraction of sp³-hybridized carbons (Fsp3) is 0.438. The number of aliphatic hydroxyl groups is 1. The molecule has 20 heavy (non-hydrogen) atoms. The lowest BCUT2D eigenvalue weighted by atomic mass is 10.1. The van der Waals surface area contributed by atoms with Gasteiger partial charge in [0.15, 0.2) is 0 Å². The van der Waals surface area contributed by atoms with E-state index in [0.717, 1.165) is 24.8 Å². The molecule has 1 amide bonds. The Morgan fingerprint density at radius 1 is 1.35 bits per heavy atom. The SMILES string of the molecule is CN(CCCCCO)C(=O)c1cccc(C#CCN)c1. The molecule has 0 aliphatic carbocycles. The van der Waals surface area contributed by atoms with E-state index >= 15 is 0 Å². The fourth-order valence-corrected chi connectivity index (χ4v) is 1.84. The molecule has 0 radical (unpaired) electrons. The van der Waals surface area contributed by atoms with Crippen molar-refractivity contribution in [1.29, 1.82) is 0 Å². The van der Waals surface area contributed by atoms with Crippen LogP contribution in [0.15, 0.2) is 24.3 Å². The molecule has 0 saturated carbocycles. The van der Waals surface area contributed by atoms with Gasteiger partial charge in [0.1, 0.15) is 0 Å².